The molecular formula is C34H36N6O5. The largest absolute Gasteiger partial charge is 0.382 e. The number of fused-ring (bicyclic) bond motifs is 3. The monoisotopic (exact) mass is 608 g/mol. The van der Waals surface area contributed by atoms with Gasteiger partial charge in [-0.1, -0.05) is 42.3 Å². The van der Waals surface area contributed by atoms with Gasteiger partial charge in [0.2, 0.25) is 5.91 Å². The SMILES string of the molecule is COC[C@H]1O[C@@H](n2nc(C#CCCNC(=O)CCCCc3c4ccccc4nc4ccccc34)c3c(=O)[nH]cnc32)CC1OC. The van der Waals surface area contributed by atoms with Crippen molar-refractivity contribution in [2.75, 3.05) is 27.4 Å². The van der Waals surface area contributed by atoms with Crippen molar-refractivity contribution >= 4 is 38.7 Å². The Labute approximate surface area is 260 Å². The number of carbonyl (C=O) groups is 1. The Bertz CT molecular complexity index is 1890. The number of benzene rings is 2. The van der Waals surface area contributed by atoms with E-state index in [1.54, 1.807) is 18.9 Å². The van der Waals surface area contributed by atoms with Crippen LogP contribution in [0, 0.1) is 11.8 Å². The molecule has 1 aliphatic heterocycles. The molecule has 3 atom stereocenters. The van der Waals surface area contributed by atoms with Gasteiger partial charge in [0.25, 0.3) is 5.56 Å². The zero-order chi connectivity index (χ0) is 31.2. The maximum absolute atomic E-state index is 12.7. The molecular weight excluding hydrogens is 572 g/mol. The summed E-state index contributed by atoms with van der Waals surface area (Å²) in [7, 11) is 3.24. The van der Waals surface area contributed by atoms with Gasteiger partial charge in [-0.05, 0) is 42.9 Å². The number of methoxy groups -OCH3 is 2. The molecule has 4 heterocycles. The molecule has 6 rings (SSSR count). The van der Waals surface area contributed by atoms with Gasteiger partial charge in [0, 0.05) is 50.8 Å². The molecule has 1 unspecified atom stereocenters. The first-order chi connectivity index (χ1) is 22.1. The Balaban J connectivity index is 1.03. The van der Waals surface area contributed by atoms with Crippen molar-refractivity contribution in [3.63, 3.8) is 0 Å². The summed E-state index contributed by atoms with van der Waals surface area (Å²) in [6.45, 7) is 0.776. The van der Waals surface area contributed by atoms with Gasteiger partial charge in [0.15, 0.2) is 17.6 Å². The summed E-state index contributed by atoms with van der Waals surface area (Å²) in [6.07, 6.45) is 4.36. The number of unbranched alkanes of at least 4 members (excludes halogenated alkanes) is 1. The number of para-hydroxylation sites is 2. The molecule has 232 valence electrons. The Hall–Kier alpha value is -4.63. The maximum atomic E-state index is 12.7. The van der Waals surface area contributed by atoms with Gasteiger partial charge < -0.3 is 24.5 Å². The number of amides is 1. The van der Waals surface area contributed by atoms with Crippen LogP contribution in [0.1, 0.15) is 49.6 Å². The number of aromatic amines is 1. The molecule has 1 amide bonds. The Morgan fingerprint density at radius 1 is 1.11 bits per heavy atom. The Morgan fingerprint density at radius 3 is 2.60 bits per heavy atom. The van der Waals surface area contributed by atoms with Crippen LogP contribution in [0.15, 0.2) is 59.7 Å². The molecule has 0 aliphatic carbocycles. The van der Waals surface area contributed by atoms with Crippen molar-refractivity contribution in [2.45, 2.75) is 57.0 Å². The molecule has 3 aromatic heterocycles. The fourth-order valence-electron chi connectivity index (χ4n) is 5.97. The molecule has 11 heteroatoms. The van der Waals surface area contributed by atoms with E-state index in [-0.39, 0.29) is 23.7 Å². The van der Waals surface area contributed by atoms with Crippen LogP contribution in [-0.4, -0.2) is 70.2 Å². The smallest absolute Gasteiger partial charge is 0.263 e. The Morgan fingerprint density at radius 2 is 1.87 bits per heavy atom. The molecule has 0 saturated carbocycles. The number of nitrogens with one attached hydrogen (secondary N) is 2. The van der Waals surface area contributed by atoms with Gasteiger partial charge >= 0.3 is 0 Å². The number of H-pyrrole nitrogens is 1. The third-order valence-electron chi connectivity index (χ3n) is 8.14. The summed E-state index contributed by atoms with van der Waals surface area (Å²) in [4.78, 5) is 37.0. The van der Waals surface area contributed by atoms with E-state index in [0.717, 1.165) is 30.3 Å². The van der Waals surface area contributed by atoms with Crippen LogP contribution < -0.4 is 10.9 Å². The van der Waals surface area contributed by atoms with Crippen molar-refractivity contribution < 1.29 is 19.0 Å². The van der Waals surface area contributed by atoms with Gasteiger partial charge in [-0.15, -0.1) is 0 Å². The standard InChI is InChI=1S/C34H36N6O5/c1-43-20-29-28(44-2)19-31(45-29)40-33-32(34(42)37-21-36-33)27(39-40)16-9-10-18-35-30(41)17-8-5-11-22-23-12-3-6-14-25(23)38-26-15-7-4-13-24(22)26/h3-4,6-7,12-15,21,28-29,31H,5,8,10-11,17-20H2,1-2H3,(H,35,41)(H,36,37,42)/t28?,29-,31-/m1/s1. The lowest BCUT2D eigenvalue weighted by molar-refractivity contribution is -0.121. The van der Waals surface area contributed by atoms with E-state index in [1.807, 2.05) is 36.4 Å². The molecule has 0 spiro atoms. The number of aromatic nitrogens is 5. The summed E-state index contributed by atoms with van der Waals surface area (Å²) < 4.78 is 18.5. The lowest BCUT2D eigenvalue weighted by atomic mass is 9.97. The molecule has 2 aromatic carbocycles. The first kappa shape index (κ1) is 30.4. The fourth-order valence-corrected chi connectivity index (χ4v) is 5.97. The normalized spacial score (nSPS) is 18.0. The van der Waals surface area contributed by atoms with E-state index in [2.05, 4.69) is 44.4 Å². The van der Waals surface area contributed by atoms with Crippen LogP contribution in [0.4, 0.5) is 0 Å². The Kier molecular flexibility index (Phi) is 9.45. The highest BCUT2D eigenvalue weighted by Crippen LogP contribution is 2.32. The second-order valence-electron chi connectivity index (χ2n) is 11.1. The highest BCUT2D eigenvalue weighted by molar-refractivity contribution is 5.97. The summed E-state index contributed by atoms with van der Waals surface area (Å²) in [5, 5.41) is 10.2. The van der Waals surface area contributed by atoms with Gasteiger partial charge in [-0.3, -0.25) is 9.59 Å². The van der Waals surface area contributed by atoms with E-state index in [1.165, 1.54) is 22.7 Å². The molecule has 5 aromatic rings. The van der Waals surface area contributed by atoms with Crippen LogP contribution >= 0.6 is 0 Å². The first-order valence-electron chi connectivity index (χ1n) is 15.2. The minimum atomic E-state index is -0.474. The highest BCUT2D eigenvalue weighted by Gasteiger charge is 2.38. The second kappa shape index (κ2) is 14.0. The van der Waals surface area contributed by atoms with Crippen LogP contribution in [-0.2, 0) is 25.4 Å². The number of pyridine rings is 1. The lowest BCUT2D eigenvalue weighted by Gasteiger charge is -2.15. The van der Waals surface area contributed by atoms with E-state index in [4.69, 9.17) is 19.2 Å². The molecule has 2 N–H and O–H groups in total. The molecule has 11 nitrogen and oxygen atoms in total. The van der Waals surface area contributed by atoms with E-state index < -0.39 is 6.23 Å². The first-order valence-corrected chi connectivity index (χ1v) is 15.2. The number of carbonyl (C=O) groups excluding carboxylic acids is 1. The third kappa shape index (κ3) is 6.59. The second-order valence-corrected chi connectivity index (χ2v) is 11.1. The molecule has 0 bridgehead atoms. The highest BCUT2D eigenvalue weighted by atomic mass is 16.6. The van der Waals surface area contributed by atoms with Gasteiger partial charge in [-0.2, -0.15) is 5.10 Å². The van der Waals surface area contributed by atoms with E-state index in [0.29, 0.717) is 49.1 Å². The van der Waals surface area contributed by atoms with Crippen LogP contribution in [0.5, 0.6) is 0 Å². The van der Waals surface area contributed by atoms with Crippen LogP contribution in [0.3, 0.4) is 0 Å². The van der Waals surface area contributed by atoms with E-state index in [9.17, 15) is 9.59 Å². The zero-order valence-corrected chi connectivity index (χ0v) is 25.4. The fraction of sp³-hybridized carbons (Fsp3) is 0.382. The van der Waals surface area contributed by atoms with Gasteiger partial charge in [-0.25, -0.2) is 14.6 Å². The molecule has 1 saturated heterocycles. The van der Waals surface area contributed by atoms with Crippen LogP contribution in [0.2, 0.25) is 0 Å². The number of hydrogen-bond donors (Lipinski definition) is 2. The average molecular weight is 609 g/mol. The van der Waals surface area contributed by atoms with Crippen molar-refractivity contribution in [2.24, 2.45) is 0 Å². The molecule has 1 fully saturated rings. The predicted octanol–water partition coefficient (Wildman–Crippen LogP) is 4.04. The summed E-state index contributed by atoms with van der Waals surface area (Å²) in [5.74, 6) is 6.03. The van der Waals surface area contributed by atoms with Crippen molar-refractivity contribution in [3.8, 4) is 11.8 Å². The van der Waals surface area contributed by atoms with Gasteiger partial charge in [0.05, 0.1) is 30.1 Å². The summed E-state index contributed by atoms with van der Waals surface area (Å²) in [6, 6.07) is 16.4. The molecule has 1 aliphatic rings. The van der Waals surface area contributed by atoms with E-state index >= 15 is 0 Å². The van der Waals surface area contributed by atoms with Crippen molar-refractivity contribution in [1.82, 2.24) is 30.0 Å². The number of rotatable bonds is 11. The maximum Gasteiger partial charge on any atom is 0.263 e. The topological polar surface area (TPSA) is 133 Å². The lowest BCUT2D eigenvalue weighted by Crippen LogP contribution is -2.27. The third-order valence-corrected chi connectivity index (χ3v) is 8.14. The minimum Gasteiger partial charge on any atom is -0.382 e. The van der Waals surface area contributed by atoms with Crippen molar-refractivity contribution in [3.05, 3.63) is 76.5 Å². The molecule has 0 radical (unpaired) electrons. The molecule has 45 heavy (non-hydrogen) atoms. The minimum absolute atomic E-state index is 0.00620. The number of ether oxygens (including phenoxy) is 3. The van der Waals surface area contributed by atoms with Crippen LogP contribution in [0.25, 0.3) is 32.8 Å². The summed E-state index contributed by atoms with van der Waals surface area (Å²) >= 11 is 0. The zero-order valence-electron chi connectivity index (χ0n) is 25.4. The summed E-state index contributed by atoms with van der Waals surface area (Å²) in [5.41, 5.74) is 3.65. The number of hydrogen-bond acceptors (Lipinski definition) is 8. The average Bonchev–Trinajstić information content (AvgIpc) is 3.64. The predicted molar refractivity (Wildman–Crippen MR) is 171 cm³/mol. The number of aryl methyl sites for hydroxylation is 1. The van der Waals surface area contributed by atoms with Crippen molar-refractivity contribution in [1.29, 1.82) is 0 Å². The quantitative estimate of drug-likeness (QED) is 0.130. The number of nitrogens with zero attached hydrogens (tertiary/aromatic N) is 4. The van der Waals surface area contributed by atoms with Gasteiger partial charge in [0.1, 0.15) is 11.5 Å².